The molecular weight excluding hydrogens is 550 g/mol. The molecule has 3 aromatic carbocycles. The molecule has 34 heavy (non-hydrogen) atoms. The highest BCUT2D eigenvalue weighted by atomic mass is 79.9. The fourth-order valence-corrected chi connectivity index (χ4v) is 5.35. The molecule has 5 rings (SSSR count). The molecule has 2 nitrogen and oxygen atoms in total. The van der Waals surface area contributed by atoms with E-state index in [2.05, 4.69) is 87.4 Å². The van der Waals surface area contributed by atoms with Gasteiger partial charge in [-0.3, -0.25) is 4.79 Å². The second-order valence-corrected chi connectivity index (χ2v) is 11.3. The van der Waals surface area contributed by atoms with Crippen molar-refractivity contribution in [2.24, 2.45) is 5.41 Å². The van der Waals surface area contributed by atoms with Crippen LogP contribution in [-0.4, -0.2) is 5.78 Å². The topological polar surface area (TPSA) is 29.1 Å². The molecule has 0 aromatic heterocycles. The van der Waals surface area contributed by atoms with Gasteiger partial charge >= 0.3 is 0 Å². The van der Waals surface area contributed by atoms with E-state index in [4.69, 9.17) is 0 Å². The third-order valence-electron chi connectivity index (χ3n) is 6.59. The smallest absolute Gasteiger partial charge is 0.188 e. The van der Waals surface area contributed by atoms with Crippen molar-refractivity contribution in [2.75, 3.05) is 0 Å². The van der Waals surface area contributed by atoms with Crippen LogP contribution in [-0.2, 0) is 4.79 Å². The number of Topliss-reactive ketones (excluding diaryl/α,β-unsaturated/α-hetero) is 1. The Kier molecular flexibility index (Phi) is 6.22. The van der Waals surface area contributed by atoms with Crippen LogP contribution in [0.3, 0.4) is 0 Å². The molecule has 1 unspecified atom stereocenters. The predicted octanol–water partition coefficient (Wildman–Crippen LogP) is 8.28. The first kappa shape index (κ1) is 23.1. The van der Waals surface area contributed by atoms with Crippen LogP contribution in [0.15, 0.2) is 111 Å². The summed E-state index contributed by atoms with van der Waals surface area (Å²) in [7, 11) is 0. The summed E-state index contributed by atoms with van der Waals surface area (Å²) in [6, 6.07) is 26.8. The summed E-state index contributed by atoms with van der Waals surface area (Å²) in [6.07, 6.45) is 5.03. The Morgan fingerprint density at radius 2 is 1.50 bits per heavy atom. The Morgan fingerprint density at radius 3 is 2.15 bits per heavy atom. The van der Waals surface area contributed by atoms with Crippen molar-refractivity contribution in [1.82, 2.24) is 5.32 Å². The third kappa shape index (κ3) is 4.49. The average Bonchev–Trinajstić information content (AvgIpc) is 2.83. The van der Waals surface area contributed by atoms with Gasteiger partial charge in [-0.1, -0.05) is 100 Å². The van der Waals surface area contributed by atoms with Crippen LogP contribution in [0.25, 0.3) is 11.8 Å². The van der Waals surface area contributed by atoms with E-state index in [0.29, 0.717) is 0 Å². The lowest BCUT2D eigenvalue weighted by Gasteiger charge is -2.40. The number of carbonyl (C=O) groups excluding carboxylic acids is 1. The van der Waals surface area contributed by atoms with Crippen molar-refractivity contribution < 1.29 is 4.79 Å². The summed E-state index contributed by atoms with van der Waals surface area (Å²) < 4.78 is 2.05. The molecule has 1 aliphatic carbocycles. The molecule has 2 aliphatic rings. The second kappa shape index (κ2) is 9.16. The quantitative estimate of drug-likeness (QED) is 0.319. The highest BCUT2D eigenvalue weighted by molar-refractivity contribution is 9.10. The van der Waals surface area contributed by atoms with Gasteiger partial charge in [0.25, 0.3) is 0 Å². The fraction of sp³-hybridized carbons (Fsp3) is 0.167. The predicted molar refractivity (Wildman–Crippen MR) is 147 cm³/mol. The number of halogens is 2. The van der Waals surface area contributed by atoms with Gasteiger partial charge in [-0.2, -0.15) is 0 Å². The minimum absolute atomic E-state index is 0.114. The monoisotopic (exact) mass is 573 g/mol. The molecular formula is C30H25Br2NO. The lowest BCUT2D eigenvalue weighted by atomic mass is 9.67. The minimum atomic E-state index is -0.292. The highest BCUT2D eigenvalue weighted by Crippen LogP contribution is 2.48. The van der Waals surface area contributed by atoms with E-state index < -0.39 is 0 Å². The lowest BCUT2D eigenvalue weighted by Crippen LogP contribution is -2.37. The van der Waals surface area contributed by atoms with Crippen LogP contribution >= 0.6 is 31.9 Å². The molecule has 0 amide bonds. The van der Waals surface area contributed by atoms with E-state index in [1.54, 1.807) is 0 Å². The number of ketones is 1. The largest absolute Gasteiger partial charge is 0.358 e. The average molecular weight is 575 g/mol. The van der Waals surface area contributed by atoms with Crippen LogP contribution in [0, 0.1) is 5.41 Å². The molecule has 170 valence electrons. The summed E-state index contributed by atoms with van der Waals surface area (Å²) in [6.45, 7) is 4.33. The van der Waals surface area contributed by atoms with Gasteiger partial charge in [0, 0.05) is 37.4 Å². The van der Waals surface area contributed by atoms with E-state index in [9.17, 15) is 4.79 Å². The van der Waals surface area contributed by atoms with E-state index in [0.717, 1.165) is 54.6 Å². The number of nitrogens with one attached hydrogen (secondary N) is 1. The van der Waals surface area contributed by atoms with Crippen LogP contribution in [0.2, 0.25) is 0 Å². The van der Waals surface area contributed by atoms with Gasteiger partial charge in [0.15, 0.2) is 5.78 Å². The summed E-state index contributed by atoms with van der Waals surface area (Å²) in [5, 5.41) is 3.64. The normalized spacial score (nSPS) is 20.6. The summed E-state index contributed by atoms with van der Waals surface area (Å²) in [4.78, 5) is 14.1. The molecule has 0 radical (unpaired) electrons. The number of allylic oxidation sites excluding steroid dienone is 4. The van der Waals surface area contributed by atoms with E-state index in [1.165, 1.54) is 0 Å². The Hall–Kier alpha value is -2.69. The van der Waals surface area contributed by atoms with Gasteiger partial charge in [-0.05, 0) is 64.9 Å². The Labute approximate surface area is 217 Å². The number of hydrogen-bond donors (Lipinski definition) is 1. The van der Waals surface area contributed by atoms with E-state index >= 15 is 0 Å². The second-order valence-electron chi connectivity index (χ2n) is 9.49. The number of hydrogen-bond acceptors (Lipinski definition) is 2. The molecule has 3 aromatic rings. The zero-order chi connectivity index (χ0) is 23.9. The maximum absolute atomic E-state index is 14.1. The van der Waals surface area contributed by atoms with Gasteiger partial charge in [-0.25, -0.2) is 0 Å². The first-order valence-electron chi connectivity index (χ1n) is 11.4. The first-order valence-corrected chi connectivity index (χ1v) is 13.0. The van der Waals surface area contributed by atoms with Crippen molar-refractivity contribution in [3.05, 3.63) is 127 Å². The van der Waals surface area contributed by atoms with Gasteiger partial charge in [0.1, 0.15) is 0 Å². The molecule has 1 N–H and O–H groups in total. The number of carbonyl (C=O) groups is 1. The van der Waals surface area contributed by atoms with Crippen molar-refractivity contribution in [3.8, 4) is 0 Å². The number of rotatable bonds is 3. The third-order valence-corrected chi connectivity index (χ3v) is 7.64. The maximum atomic E-state index is 14.1. The molecule has 1 heterocycles. The van der Waals surface area contributed by atoms with Crippen LogP contribution in [0.1, 0.15) is 42.9 Å². The van der Waals surface area contributed by atoms with E-state index in [-0.39, 0.29) is 17.1 Å². The SMILES string of the molecule is CC1(C)CC2=C(C(=O)/C1=C\c1ccc(Br)cc1)C(c1ccc(Br)cc1)C=C(c1ccccc1)N2. The molecule has 1 aliphatic heterocycles. The molecule has 1 atom stereocenters. The number of benzene rings is 3. The lowest BCUT2D eigenvalue weighted by molar-refractivity contribution is -0.113. The Balaban J connectivity index is 1.63. The van der Waals surface area contributed by atoms with Crippen LogP contribution < -0.4 is 5.32 Å². The molecule has 0 fully saturated rings. The summed E-state index contributed by atoms with van der Waals surface area (Å²) in [5.41, 5.74) is 6.76. The maximum Gasteiger partial charge on any atom is 0.188 e. The van der Waals surface area contributed by atoms with Crippen molar-refractivity contribution in [3.63, 3.8) is 0 Å². The highest BCUT2D eigenvalue weighted by Gasteiger charge is 2.42. The Morgan fingerprint density at radius 1 is 0.882 bits per heavy atom. The molecule has 0 saturated carbocycles. The Bertz CT molecular complexity index is 1330. The summed E-state index contributed by atoms with van der Waals surface area (Å²) >= 11 is 7.05. The van der Waals surface area contributed by atoms with Crippen molar-refractivity contribution in [1.29, 1.82) is 0 Å². The van der Waals surface area contributed by atoms with Gasteiger partial charge < -0.3 is 5.32 Å². The van der Waals surface area contributed by atoms with Crippen molar-refractivity contribution >= 4 is 49.4 Å². The zero-order valence-electron chi connectivity index (χ0n) is 19.1. The van der Waals surface area contributed by atoms with Gasteiger partial charge in [0.05, 0.1) is 0 Å². The molecule has 0 spiro atoms. The fourth-order valence-electron chi connectivity index (χ4n) is 4.82. The number of dihydropyridines is 1. The van der Waals surface area contributed by atoms with Crippen LogP contribution in [0.4, 0.5) is 0 Å². The van der Waals surface area contributed by atoms with Gasteiger partial charge in [0.2, 0.25) is 0 Å². The van der Waals surface area contributed by atoms with Crippen molar-refractivity contribution in [2.45, 2.75) is 26.2 Å². The standard InChI is InChI=1S/C30H25Br2NO/c1-30(2)18-27-28(29(34)25(30)16-19-8-12-22(31)13-9-19)24(20-10-14-23(32)15-11-20)17-26(33-27)21-6-4-3-5-7-21/h3-17,24,33H,18H2,1-2H3/b25-16+. The first-order chi connectivity index (χ1) is 16.3. The van der Waals surface area contributed by atoms with Crippen LogP contribution in [0.5, 0.6) is 0 Å². The van der Waals surface area contributed by atoms with E-state index in [1.807, 2.05) is 54.6 Å². The molecule has 0 bridgehead atoms. The summed E-state index contributed by atoms with van der Waals surface area (Å²) in [5.74, 6) is 0.00873. The molecule has 4 heteroatoms. The van der Waals surface area contributed by atoms with Gasteiger partial charge in [-0.15, -0.1) is 0 Å². The molecule has 0 saturated heterocycles. The minimum Gasteiger partial charge on any atom is -0.358 e. The zero-order valence-corrected chi connectivity index (χ0v) is 22.3.